The highest BCUT2D eigenvalue weighted by atomic mass is 16.5. The maximum Gasteiger partial charge on any atom is 0.337 e. The molecule has 2 rings (SSSR count). The third-order valence-electron chi connectivity index (χ3n) is 3.05. The first-order valence-corrected chi connectivity index (χ1v) is 6.57. The van der Waals surface area contributed by atoms with Gasteiger partial charge in [0.2, 0.25) is 0 Å². The van der Waals surface area contributed by atoms with Gasteiger partial charge in [0.15, 0.2) is 0 Å². The molecule has 0 radical (unpaired) electrons. The van der Waals surface area contributed by atoms with Crippen molar-refractivity contribution in [3.05, 3.63) is 64.7 Å². The molecule has 2 aromatic carbocycles. The number of hydrogen-bond donors (Lipinski definition) is 1. The lowest BCUT2D eigenvalue weighted by atomic mass is 10.1. The number of hydrogen-bond acceptors (Lipinski definition) is 3. The molecule has 2 aromatic rings. The summed E-state index contributed by atoms with van der Waals surface area (Å²) in [6, 6.07) is 12.2. The van der Waals surface area contributed by atoms with Crippen molar-refractivity contribution in [3.8, 4) is 0 Å². The highest BCUT2D eigenvalue weighted by Gasteiger charge is 2.09. The van der Waals surface area contributed by atoms with Crippen LogP contribution < -0.4 is 5.32 Å². The zero-order valence-corrected chi connectivity index (χ0v) is 12.3. The number of aryl methyl sites for hydroxylation is 2. The second kappa shape index (κ2) is 6.22. The van der Waals surface area contributed by atoms with E-state index in [0.29, 0.717) is 11.1 Å². The second-order valence-corrected chi connectivity index (χ2v) is 4.90. The zero-order valence-electron chi connectivity index (χ0n) is 12.3. The van der Waals surface area contributed by atoms with Gasteiger partial charge in [-0.25, -0.2) is 4.79 Å². The lowest BCUT2D eigenvalue weighted by molar-refractivity contribution is 0.0600. The molecule has 0 aliphatic rings. The number of amides is 1. The molecule has 108 valence electrons. The molecular weight excluding hydrogens is 266 g/mol. The Kier molecular flexibility index (Phi) is 4.38. The van der Waals surface area contributed by atoms with Gasteiger partial charge in [0.05, 0.1) is 12.7 Å². The Morgan fingerprint density at radius 1 is 0.905 bits per heavy atom. The monoisotopic (exact) mass is 283 g/mol. The van der Waals surface area contributed by atoms with E-state index >= 15 is 0 Å². The fraction of sp³-hybridized carbons (Fsp3) is 0.176. The molecule has 0 spiro atoms. The van der Waals surface area contributed by atoms with Gasteiger partial charge in [-0.1, -0.05) is 6.07 Å². The highest BCUT2D eigenvalue weighted by Crippen LogP contribution is 2.15. The summed E-state index contributed by atoms with van der Waals surface area (Å²) < 4.78 is 4.62. The number of carbonyl (C=O) groups excluding carboxylic acids is 2. The number of rotatable bonds is 3. The molecule has 4 heteroatoms. The molecule has 0 aromatic heterocycles. The first kappa shape index (κ1) is 14.8. The van der Waals surface area contributed by atoms with E-state index < -0.39 is 5.97 Å². The van der Waals surface area contributed by atoms with Crippen molar-refractivity contribution in [2.75, 3.05) is 12.4 Å². The predicted molar refractivity (Wildman–Crippen MR) is 81.7 cm³/mol. The number of nitrogens with one attached hydrogen (secondary N) is 1. The van der Waals surface area contributed by atoms with Crippen LogP contribution in [0.3, 0.4) is 0 Å². The number of benzene rings is 2. The van der Waals surface area contributed by atoms with Crippen LogP contribution in [0, 0.1) is 13.8 Å². The lowest BCUT2D eigenvalue weighted by Crippen LogP contribution is -2.12. The van der Waals surface area contributed by atoms with Gasteiger partial charge < -0.3 is 10.1 Å². The van der Waals surface area contributed by atoms with E-state index in [1.54, 1.807) is 24.3 Å². The Labute approximate surface area is 123 Å². The molecule has 21 heavy (non-hydrogen) atoms. The summed E-state index contributed by atoms with van der Waals surface area (Å²) in [4.78, 5) is 23.5. The molecule has 1 amide bonds. The summed E-state index contributed by atoms with van der Waals surface area (Å²) >= 11 is 0. The Hall–Kier alpha value is -2.62. The van der Waals surface area contributed by atoms with E-state index in [-0.39, 0.29) is 5.91 Å². The average Bonchev–Trinajstić information content (AvgIpc) is 2.45. The van der Waals surface area contributed by atoms with E-state index in [0.717, 1.165) is 16.8 Å². The van der Waals surface area contributed by atoms with Crippen LogP contribution in [0.15, 0.2) is 42.5 Å². The molecule has 4 nitrogen and oxygen atoms in total. The van der Waals surface area contributed by atoms with E-state index in [9.17, 15) is 9.59 Å². The number of methoxy groups -OCH3 is 1. The number of ether oxygens (including phenoxy) is 1. The minimum Gasteiger partial charge on any atom is -0.465 e. The van der Waals surface area contributed by atoms with Crippen LogP contribution in [0.25, 0.3) is 0 Å². The minimum absolute atomic E-state index is 0.212. The number of carbonyl (C=O) groups is 2. The second-order valence-electron chi connectivity index (χ2n) is 4.90. The average molecular weight is 283 g/mol. The first-order chi connectivity index (χ1) is 9.99. The van der Waals surface area contributed by atoms with Crippen LogP contribution in [-0.2, 0) is 4.74 Å². The van der Waals surface area contributed by atoms with Gasteiger partial charge >= 0.3 is 5.97 Å². The van der Waals surface area contributed by atoms with Crippen LogP contribution >= 0.6 is 0 Å². The molecule has 0 saturated heterocycles. The minimum atomic E-state index is -0.420. The Morgan fingerprint density at radius 2 is 1.43 bits per heavy atom. The van der Waals surface area contributed by atoms with E-state index in [1.165, 1.54) is 7.11 Å². The topological polar surface area (TPSA) is 55.4 Å². The van der Waals surface area contributed by atoms with Crippen LogP contribution in [0.4, 0.5) is 5.69 Å². The Morgan fingerprint density at radius 3 is 1.95 bits per heavy atom. The van der Waals surface area contributed by atoms with Crippen molar-refractivity contribution in [2.24, 2.45) is 0 Å². The Balaban J connectivity index is 2.15. The maximum atomic E-state index is 12.2. The summed E-state index contributed by atoms with van der Waals surface area (Å²) in [5, 5.41) is 2.85. The van der Waals surface area contributed by atoms with Gasteiger partial charge in [0, 0.05) is 11.3 Å². The molecule has 0 atom stereocenters. The van der Waals surface area contributed by atoms with Crippen molar-refractivity contribution < 1.29 is 14.3 Å². The van der Waals surface area contributed by atoms with Gasteiger partial charge in [0.25, 0.3) is 5.91 Å². The van der Waals surface area contributed by atoms with Crippen LogP contribution in [-0.4, -0.2) is 19.0 Å². The third kappa shape index (κ3) is 3.69. The standard InChI is InChI=1S/C17H17NO3/c1-11-8-12(2)10-15(9-11)18-16(19)13-4-6-14(7-5-13)17(20)21-3/h4-10H,1-3H3,(H,18,19). The molecule has 0 aliphatic heterocycles. The number of anilines is 1. The van der Waals surface area contributed by atoms with Gasteiger partial charge in [-0.2, -0.15) is 0 Å². The summed E-state index contributed by atoms with van der Waals surface area (Å²) in [5.41, 5.74) is 3.84. The summed E-state index contributed by atoms with van der Waals surface area (Å²) in [7, 11) is 1.32. The van der Waals surface area contributed by atoms with Crippen molar-refractivity contribution in [2.45, 2.75) is 13.8 Å². The van der Waals surface area contributed by atoms with Crippen LogP contribution in [0.1, 0.15) is 31.8 Å². The van der Waals surface area contributed by atoms with Crippen molar-refractivity contribution in [1.82, 2.24) is 0 Å². The van der Waals surface area contributed by atoms with Crippen molar-refractivity contribution in [3.63, 3.8) is 0 Å². The number of esters is 1. The molecule has 0 aliphatic carbocycles. The molecule has 0 bridgehead atoms. The van der Waals surface area contributed by atoms with Crippen molar-refractivity contribution >= 4 is 17.6 Å². The van der Waals surface area contributed by atoms with E-state index in [2.05, 4.69) is 10.1 Å². The van der Waals surface area contributed by atoms with Gasteiger partial charge in [-0.15, -0.1) is 0 Å². The predicted octanol–water partition coefficient (Wildman–Crippen LogP) is 3.34. The van der Waals surface area contributed by atoms with Gasteiger partial charge in [-0.3, -0.25) is 4.79 Å². The fourth-order valence-electron chi connectivity index (χ4n) is 2.13. The van der Waals surface area contributed by atoms with Crippen LogP contribution in [0.5, 0.6) is 0 Å². The Bertz CT molecular complexity index is 655. The smallest absolute Gasteiger partial charge is 0.337 e. The molecule has 0 heterocycles. The largest absolute Gasteiger partial charge is 0.465 e. The van der Waals surface area contributed by atoms with Crippen LogP contribution in [0.2, 0.25) is 0 Å². The molecule has 0 fully saturated rings. The third-order valence-corrected chi connectivity index (χ3v) is 3.05. The quantitative estimate of drug-likeness (QED) is 0.879. The van der Waals surface area contributed by atoms with Gasteiger partial charge in [-0.05, 0) is 61.4 Å². The lowest BCUT2D eigenvalue weighted by Gasteiger charge is -2.08. The first-order valence-electron chi connectivity index (χ1n) is 6.57. The van der Waals surface area contributed by atoms with Crippen molar-refractivity contribution in [1.29, 1.82) is 0 Å². The summed E-state index contributed by atoms with van der Waals surface area (Å²) in [6.07, 6.45) is 0. The van der Waals surface area contributed by atoms with E-state index in [1.807, 2.05) is 32.0 Å². The zero-order chi connectivity index (χ0) is 15.4. The summed E-state index contributed by atoms with van der Waals surface area (Å²) in [5.74, 6) is -0.632. The fourth-order valence-corrected chi connectivity index (χ4v) is 2.13. The highest BCUT2D eigenvalue weighted by molar-refractivity contribution is 6.04. The normalized spacial score (nSPS) is 10.0. The summed E-state index contributed by atoms with van der Waals surface area (Å²) in [6.45, 7) is 3.96. The maximum absolute atomic E-state index is 12.2. The molecule has 1 N–H and O–H groups in total. The molecular formula is C17H17NO3. The molecule has 0 unspecified atom stereocenters. The molecule has 0 saturated carbocycles. The van der Waals surface area contributed by atoms with E-state index in [4.69, 9.17) is 0 Å². The SMILES string of the molecule is COC(=O)c1ccc(C(=O)Nc2cc(C)cc(C)c2)cc1. The van der Waals surface area contributed by atoms with Gasteiger partial charge in [0.1, 0.15) is 0 Å².